The first-order valence-corrected chi connectivity index (χ1v) is 4.99. The van der Waals surface area contributed by atoms with E-state index < -0.39 is 0 Å². The largest absolute Gasteiger partial charge is 0.296 e. The molecule has 3 nitrogen and oxygen atoms in total. The minimum Gasteiger partial charge on any atom is -0.296 e. The molecule has 0 radical (unpaired) electrons. The molecule has 3 heteroatoms. The summed E-state index contributed by atoms with van der Waals surface area (Å²) in [5.74, 6) is 0.920. The summed E-state index contributed by atoms with van der Waals surface area (Å²) < 4.78 is 0. The Morgan fingerprint density at radius 1 is 1.38 bits per heavy atom. The first-order chi connectivity index (χ1) is 6.14. The van der Waals surface area contributed by atoms with Crippen molar-refractivity contribution in [1.82, 2.24) is 5.32 Å². The van der Waals surface area contributed by atoms with E-state index >= 15 is 0 Å². The molecule has 2 saturated carbocycles. The highest BCUT2D eigenvalue weighted by Crippen LogP contribution is 2.61. The van der Waals surface area contributed by atoms with E-state index in [0.717, 1.165) is 19.3 Å². The van der Waals surface area contributed by atoms with Gasteiger partial charge in [-0.2, -0.15) is 0 Å². The molecule has 1 aliphatic heterocycles. The molecule has 1 saturated heterocycles. The van der Waals surface area contributed by atoms with Crippen molar-refractivity contribution in [1.29, 1.82) is 0 Å². The van der Waals surface area contributed by atoms with Gasteiger partial charge in [0.15, 0.2) is 0 Å². The molecule has 0 spiro atoms. The SMILES string of the molecule is C[C@@]12C(=O)NC(=O)[C@@H]1[C@H]1CC[C@@H]2C1. The third kappa shape index (κ3) is 0.640. The van der Waals surface area contributed by atoms with Gasteiger partial charge in [-0.3, -0.25) is 14.9 Å². The molecule has 70 valence electrons. The monoisotopic (exact) mass is 179 g/mol. The van der Waals surface area contributed by atoms with Crippen LogP contribution in [0.4, 0.5) is 0 Å². The maximum absolute atomic E-state index is 11.6. The van der Waals surface area contributed by atoms with Crippen LogP contribution in [0, 0.1) is 23.2 Å². The molecule has 0 aromatic rings. The third-order valence-electron chi connectivity index (χ3n) is 4.45. The minimum atomic E-state index is -0.347. The molecule has 0 aromatic heterocycles. The number of imide groups is 1. The van der Waals surface area contributed by atoms with E-state index in [2.05, 4.69) is 5.32 Å². The zero-order chi connectivity index (χ0) is 9.22. The van der Waals surface area contributed by atoms with Gasteiger partial charge in [0.05, 0.1) is 11.3 Å². The normalized spacial score (nSPS) is 52.5. The van der Waals surface area contributed by atoms with Crippen molar-refractivity contribution < 1.29 is 9.59 Å². The highest BCUT2D eigenvalue weighted by atomic mass is 16.2. The molecule has 4 atom stereocenters. The van der Waals surface area contributed by atoms with Crippen LogP contribution in [0.2, 0.25) is 0 Å². The van der Waals surface area contributed by atoms with Crippen LogP contribution in [-0.2, 0) is 9.59 Å². The number of hydrogen-bond donors (Lipinski definition) is 1. The maximum atomic E-state index is 11.6. The van der Waals surface area contributed by atoms with Crippen molar-refractivity contribution >= 4 is 11.8 Å². The average molecular weight is 179 g/mol. The topological polar surface area (TPSA) is 46.2 Å². The van der Waals surface area contributed by atoms with Crippen LogP contribution < -0.4 is 5.32 Å². The molecule has 3 aliphatic rings. The van der Waals surface area contributed by atoms with Crippen LogP contribution in [0.15, 0.2) is 0 Å². The first kappa shape index (κ1) is 7.54. The molecule has 1 N–H and O–H groups in total. The zero-order valence-corrected chi connectivity index (χ0v) is 7.67. The molecule has 2 amide bonds. The Hall–Kier alpha value is -0.860. The van der Waals surface area contributed by atoms with E-state index in [-0.39, 0.29) is 23.1 Å². The van der Waals surface area contributed by atoms with Gasteiger partial charge in [0, 0.05) is 0 Å². The lowest BCUT2D eigenvalue weighted by Gasteiger charge is -2.30. The number of carbonyl (C=O) groups is 2. The molecular weight excluding hydrogens is 166 g/mol. The van der Waals surface area contributed by atoms with E-state index in [1.54, 1.807) is 0 Å². The van der Waals surface area contributed by atoms with Gasteiger partial charge in [0.2, 0.25) is 11.8 Å². The van der Waals surface area contributed by atoms with E-state index in [0.29, 0.717) is 11.8 Å². The zero-order valence-electron chi connectivity index (χ0n) is 7.67. The lowest BCUT2D eigenvalue weighted by molar-refractivity contribution is -0.130. The van der Waals surface area contributed by atoms with Gasteiger partial charge in [-0.15, -0.1) is 0 Å². The van der Waals surface area contributed by atoms with Gasteiger partial charge in [-0.25, -0.2) is 0 Å². The van der Waals surface area contributed by atoms with Gasteiger partial charge < -0.3 is 0 Å². The van der Waals surface area contributed by atoms with E-state index in [9.17, 15) is 9.59 Å². The quantitative estimate of drug-likeness (QED) is 0.556. The Labute approximate surface area is 76.9 Å². The van der Waals surface area contributed by atoms with E-state index in [1.807, 2.05) is 6.92 Å². The minimum absolute atomic E-state index is 0.00116. The molecule has 13 heavy (non-hydrogen) atoms. The summed E-state index contributed by atoms with van der Waals surface area (Å²) >= 11 is 0. The third-order valence-corrected chi connectivity index (χ3v) is 4.45. The van der Waals surface area contributed by atoms with Crippen LogP contribution in [0.5, 0.6) is 0 Å². The van der Waals surface area contributed by atoms with E-state index in [1.165, 1.54) is 0 Å². The van der Waals surface area contributed by atoms with Crippen LogP contribution in [0.3, 0.4) is 0 Å². The van der Waals surface area contributed by atoms with Gasteiger partial charge in [-0.1, -0.05) is 0 Å². The standard InChI is InChI=1S/C10H13NO2/c1-10-6-3-2-5(4-6)7(10)8(12)11-9(10)13/h5-7H,2-4H2,1H3,(H,11,12,13)/t5-,6+,7-,10-/m0/s1. The molecule has 0 unspecified atom stereocenters. The maximum Gasteiger partial charge on any atom is 0.233 e. The number of amides is 2. The van der Waals surface area contributed by atoms with Crippen molar-refractivity contribution in [3.63, 3.8) is 0 Å². The lowest BCUT2D eigenvalue weighted by Crippen LogP contribution is -2.37. The summed E-state index contributed by atoms with van der Waals surface area (Å²) in [6.45, 7) is 1.97. The summed E-state index contributed by atoms with van der Waals surface area (Å²) in [6, 6.07) is 0. The van der Waals surface area contributed by atoms with Gasteiger partial charge in [0.25, 0.3) is 0 Å². The summed E-state index contributed by atoms with van der Waals surface area (Å²) in [6.07, 6.45) is 3.38. The van der Waals surface area contributed by atoms with Gasteiger partial charge in [0.1, 0.15) is 0 Å². The fourth-order valence-electron chi connectivity index (χ4n) is 3.74. The summed E-state index contributed by atoms with van der Waals surface area (Å²) in [4.78, 5) is 23.2. The molecule has 0 aromatic carbocycles. The Morgan fingerprint density at radius 2 is 2.15 bits per heavy atom. The second-order valence-corrected chi connectivity index (χ2v) is 4.85. The number of rotatable bonds is 0. The Morgan fingerprint density at radius 3 is 2.85 bits per heavy atom. The fraction of sp³-hybridized carbons (Fsp3) is 0.800. The van der Waals surface area contributed by atoms with Crippen LogP contribution >= 0.6 is 0 Å². The second-order valence-electron chi connectivity index (χ2n) is 4.85. The predicted octanol–water partition coefficient (Wildman–Crippen LogP) is 0.695. The second kappa shape index (κ2) is 1.97. The van der Waals surface area contributed by atoms with Crippen molar-refractivity contribution in [3.05, 3.63) is 0 Å². The Balaban J connectivity index is 2.12. The van der Waals surface area contributed by atoms with Crippen LogP contribution in [-0.4, -0.2) is 11.8 Å². The van der Waals surface area contributed by atoms with Crippen molar-refractivity contribution in [3.8, 4) is 0 Å². The highest BCUT2D eigenvalue weighted by molar-refractivity contribution is 6.08. The van der Waals surface area contributed by atoms with Gasteiger partial charge in [-0.05, 0) is 38.0 Å². The summed E-state index contributed by atoms with van der Waals surface area (Å²) in [7, 11) is 0. The van der Waals surface area contributed by atoms with Crippen molar-refractivity contribution in [2.24, 2.45) is 23.2 Å². The molecule has 3 fully saturated rings. The lowest BCUT2D eigenvalue weighted by atomic mass is 9.69. The Bertz CT molecular complexity index is 312. The molecule has 1 heterocycles. The molecular formula is C10H13NO2. The summed E-state index contributed by atoms with van der Waals surface area (Å²) in [5.41, 5.74) is -0.347. The Kier molecular flexibility index (Phi) is 1.14. The summed E-state index contributed by atoms with van der Waals surface area (Å²) in [5, 5.41) is 2.48. The highest BCUT2D eigenvalue weighted by Gasteiger charge is 2.65. The van der Waals surface area contributed by atoms with Crippen molar-refractivity contribution in [2.75, 3.05) is 0 Å². The molecule has 3 rings (SSSR count). The predicted molar refractivity (Wildman–Crippen MR) is 45.6 cm³/mol. The molecule has 2 bridgehead atoms. The first-order valence-electron chi connectivity index (χ1n) is 4.99. The molecule has 2 aliphatic carbocycles. The van der Waals surface area contributed by atoms with E-state index in [4.69, 9.17) is 0 Å². The van der Waals surface area contributed by atoms with Crippen molar-refractivity contribution in [2.45, 2.75) is 26.2 Å². The smallest absolute Gasteiger partial charge is 0.233 e. The number of fused-ring (bicyclic) bond motifs is 5. The number of carbonyl (C=O) groups excluding carboxylic acids is 2. The number of hydrogen-bond acceptors (Lipinski definition) is 2. The van der Waals surface area contributed by atoms with Crippen LogP contribution in [0.25, 0.3) is 0 Å². The average Bonchev–Trinajstić information content (AvgIpc) is 2.66. The van der Waals surface area contributed by atoms with Crippen LogP contribution in [0.1, 0.15) is 26.2 Å². The van der Waals surface area contributed by atoms with Gasteiger partial charge >= 0.3 is 0 Å². The number of nitrogens with one attached hydrogen (secondary N) is 1. The fourth-order valence-corrected chi connectivity index (χ4v) is 3.74.